The van der Waals surface area contributed by atoms with Gasteiger partial charge in [-0.05, 0) is 47.4 Å². The molecular weight excluding hydrogens is 428 g/mol. The number of carbonyl (C=O) groups is 2. The second-order valence-electron chi connectivity index (χ2n) is 6.13. The number of amides is 2. The zero-order valence-corrected chi connectivity index (χ0v) is 17.8. The maximum Gasteiger partial charge on any atom is 0.221 e. The Bertz CT molecular complexity index is 845. The molecule has 6 heteroatoms. The molecule has 2 amide bonds. The summed E-state index contributed by atoms with van der Waals surface area (Å²) in [5.41, 5.74) is 3.37. The molecule has 0 saturated carbocycles. The van der Waals surface area contributed by atoms with Gasteiger partial charge in [-0.15, -0.1) is 0 Å². The lowest BCUT2D eigenvalue weighted by molar-refractivity contribution is -0.119. The lowest BCUT2D eigenvalue weighted by Gasteiger charge is -2.25. The van der Waals surface area contributed by atoms with Crippen molar-refractivity contribution < 1.29 is 9.59 Å². The summed E-state index contributed by atoms with van der Waals surface area (Å²) in [5, 5.41) is 6.57. The van der Waals surface area contributed by atoms with Crippen LogP contribution in [0.25, 0.3) is 5.70 Å². The summed E-state index contributed by atoms with van der Waals surface area (Å²) in [6, 6.07) is 14.6. The normalized spacial score (nSPS) is 12.8. The van der Waals surface area contributed by atoms with Crippen molar-refractivity contribution >= 4 is 45.0 Å². The van der Waals surface area contributed by atoms with Crippen molar-refractivity contribution in [2.45, 2.75) is 33.2 Å². The highest BCUT2D eigenvalue weighted by Crippen LogP contribution is 2.31. The second-order valence-corrected chi connectivity index (χ2v) is 7.48. The first-order valence-electron chi connectivity index (χ1n) is 8.61. The minimum absolute atomic E-state index is 0.154. The molecule has 4 nitrogen and oxygen atoms in total. The van der Waals surface area contributed by atoms with E-state index in [1.807, 2.05) is 43.3 Å². The van der Waals surface area contributed by atoms with Gasteiger partial charge < -0.3 is 10.6 Å². The standard InChI is InChI=1S/C21H22BrClN2O2/c1-4-19(20(24-13(2)26)15-5-9-17(22)10-6-15)21(25-14(3)27)16-7-11-18(23)12-8-16/h5-12,21H,4H2,1-3H3,(H,24,26)(H,25,27)/b20-19-. The summed E-state index contributed by atoms with van der Waals surface area (Å²) in [6.45, 7) is 4.95. The molecule has 2 aromatic rings. The van der Waals surface area contributed by atoms with Crippen molar-refractivity contribution in [3.63, 3.8) is 0 Å². The maximum atomic E-state index is 11.9. The molecule has 2 rings (SSSR count). The first-order valence-corrected chi connectivity index (χ1v) is 9.78. The van der Waals surface area contributed by atoms with Crippen molar-refractivity contribution in [3.8, 4) is 0 Å². The molecule has 1 unspecified atom stereocenters. The molecule has 0 radical (unpaired) electrons. The average molecular weight is 450 g/mol. The van der Waals surface area contributed by atoms with Gasteiger partial charge in [0.05, 0.1) is 6.04 Å². The number of rotatable bonds is 6. The Labute approximate surface area is 173 Å². The third kappa shape index (κ3) is 5.94. The largest absolute Gasteiger partial charge is 0.346 e. The summed E-state index contributed by atoms with van der Waals surface area (Å²) in [6.07, 6.45) is 0.638. The lowest BCUT2D eigenvalue weighted by Crippen LogP contribution is -2.30. The van der Waals surface area contributed by atoms with Gasteiger partial charge in [0.25, 0.3) is 0 Å². The molecule has 2 aromatic carbocycles. The molecule has 0 aromatic heterocycles. The first-order chi connectivity index (χ1) is 12.8. The van der Waals surface area contributed by atoms with Crippen LogP contribution in [0.3, 0.4) is 0 Å². The van der Waals surface area contributed by atoms with E-state index in [0.717, 1.165) is 21.2 Å². The van der Waals surface area contributed by atoms with Crippen LogP contribution in [-0.2, 0) is 9.59 Å². The number of benzene rings is 2. The molecule has 0 aliphatic rings. The van der Waals surface area contributed by atoms with Crippen molar-refractivity contribution in [2.24, 2.45) is 0 Å². The van der Waals surface area contributed by atoms with E-state index in [1.165, 1.54) is 13.8 Å². The predicted molar refractivity (Wildman–Crippen MR) is 113 cm³/mol. The fraction of sp³-hybridized carbons (Fsp3) is 0.238. The van der Waals surface area contributed by atoms with Crippen LogP contribution in [0.1, 0.15) is 44.4 Å². The van der Waals surface area contributed by atoms with Crippen LogP contribution < -0.4 is 10.6 Å². The topological polar surface area (TPSA) is 58.2 Å². The first kappa shape index (κ1) is 21.2. The monoisotopic (exact) mass is 448 g/mol. The third-order valence-corrected chi connectivity index (χ3v) is 4.82. The van der Waals surface area contributed by atoms with Crippen molar-refractivity contribution in [1.29, 1.82) is 0 Å². The van der Waals surface area contributed by atoms with Crippen LogP contribution >= 0.6 is 27.5 Å². The fourth-order valence-corrected chi connectivity index (χ4v) is 3.28. The molecule has 27 heavy (non-hydrogen) atoms. The van der Waals surface area contributed by atoms with E-state index >= 15 is 0 Å². The average Bonchev–Trinajstić information content (AvgIpc) is 2.61. The van der Waals surface area contributed by atoms with Crippen LogP contribution in [0, 0.1) is 0 Å². The highest BCUT2D eigenvalue weighted by molar-refractivity contribution is 9.10. The van der Waals surface area contributed by atoms with E-state index in [1.54, 1.807) is 12.1 Å². The van der Waals surface area contributed by atoms with E-state index in [-0.39, 0.29) is 17.9 Å². The summed E-state index contributed by atoms with van der Waals surface area (Å²) < 4.78 is 0.947. The number of carbonyl (C=O) groups excluding carboxylic acids is 2. The molecule has 0 bridgehead atoms. The minimum atomic E-state index is -0.379. The van der Waals surface area contributed by atoms with E-state index in [0.29, 0.717) is 17.1 Å². The molecule has 2 N–H and O–H groups in total. The smallest absolute Gasteiger partial charge is 0.221 e. The Kier molecular flexibility index (Phi) is 7.63. The lowest BCUT2D eigenvalue weighted by atomic mass is 9.92. The number of hydrogen-bond donors (Lipinski definition) is 2. The van der Waals surface area contributed by atoms with Gasteiger partial charge in [0.15, 0.2) is 0 Å². The molecule has 0 spiro atoms. The van der Waals surface area contributed by atoms with Crippen LogP contribution in [0.2, 0.25) is 5.02 Å². The molecular formula is C21H22BrClN2O2. The van der Waals surface area contributed by atoms with Gasteiger partial charge in [0.1, 0.15) is 0 Å². The summed E-state index contributed by atoms with van der Waals surface area (Å²) in [5.74, 6) is -0.324. The van der Waals surface area contributed by atoms with Gasteiger partial charge in [-0.25, -0.2) is 0 Å². The zero-order valence-electron chi connectivity index (χ0n) is 15.5. The van der Waals surface area contributed by atoms with Crippen LogP contribution in [0.4, 0.5) is 0 Å². The van der Waals surface area contributed by atoms with Gasteiger partial charge in [-0.1, -0.05) is 58.7 Å². The fourth-order valence-electron chi connectivity index (χ4n) is 2.89. The van der Waals surface area contributed by atoms with Gasteiger partial charge >= 0.3 is 0 Å². The molecule has 0 fully saturated rings. The van der Waals surface area contributed by atoms with Gasteiger partial charge in [0, 0.05) is 29.0 Å². The second kappa shape index (κ2) is 9.72. The van der Waals surface area contributed by atoms with Crippen molar-refractivity contribution in [1.82, 2.24) is 10.6 Å². The summed E-state index contributed by atoms with van der Waals surface area (Å²) in [7, 11) is 0. The molecule has 1 atom stereocenters. The van der Waals surface area contributed by atoms with Crippen molar-refractivity contribution in [3.05, 3.63) is 74.7 Å². The Hall–Kier alpha value is -2.11. The highest BCUT2D eigenvalue weighted by atomic mass is 79.9. The highest BCUT2D eigenvalue weighted by Gasteiger charge is 2.22. The maximum absolute atomic E-state index is 11.9. The van der Waals surface area contributed by atoms with Crippen LogP contribution in [-0.4, -0.2) is 11.8 Å². The number of halogens is 2. The summed E-state index contributed by atoms with van der Waals surface area (Å²) >= 11 is 9.45. The molecule has 0 aliphatic heterocycles. The Balaban J connectivity index is 2.65. The summed E-state index contributed by atoms with van der Waals surface area (Å²) in [4.78, 5) is 23.8. The molecule has 142 valence electrons. The van der Waals surface area contributed by atoms with Gasteiger partial charge in [-0.3, -0.25) is 9.59 Å². The van der Waals surface area contributed by atoms with Crippen molar-refractivity contribution in [2.75, 3.05) is 0 Å². The van der Waals surface area contributed by atoms with Crippen LogP contribution in [0.5, 0.6) is 0 Å². The predicted octanol–water partition coefficient (Wildman–Crippen LogP) is 5.24. The molecule has 0 saturated heterocycles. The SMILES string of the molecule is CC/C(=C(/NC(C)=O)c1ccc(Br)cc1)C(NC(C)=O)c1ccc(Cl)cc1. The van der Waals surface area contributed by atoms with E-state index in [2.05, 4.69) is 26.6 Å². The van der Waals surface area contributed by atoms with Crippen LogP contribution in [0.15, 0.2) is 58.6 Å². The molecule has 0 aliphatic carbocycles. The molecule has 0 heterocycles. The zero-order chi connectivity index (χ0) is 20.0. The Morgan fingerprint density at radius 1 is 1.00 bits per heavy atom. The van der Waals surface area contributed by atoms with Gasteiger partial charge in [0.2, 0.25) is 11.8 Å². The van der Waals surface area contributed by atoms with E-state index < -0.39 is 0 Å². The Morgan fingerprint density at radius 3 is 2.07 bits per heavy atom. The van der Waals surface area contributed by atoms with Gasteiger partial charge in [-0.2, -0.15) is 0 Å². The number of hydrogen-bond acceptors (Lipinski definition) is 2. The van der Waals surface area contributed by atoms with E-state index in [4.69, 9.17) is 11.6 Å². The Morgan fingerprint density at radius 2 is 1.59 bits per heavy atom. The van der Waals surface area contributed by atoms with E-state index in [9.17, 15) is 9.59 Å². The third-order valence-electron chi connectivity index (χ3n) is 4.04. The minimum Gasteiger partial charge on any atom is -0.346 e. The number of nitrogens with one attached hydrogen (secondary N) is 2. The quantitative estimate of drug-likeness (QED) is 0.634.